The summed E-state index contributed by atoms with van der Waals surface area (Å²) >= 11 is 6.05. The van der Waals surface area contributed by atoms with Crippen molar-refractivity contribution in [3.63, 3.8) is 0 Å². The zero-order chi connectivity index (χ0) is 25.2. The van der Waals surface area contributed by atoms with Crippen LogP contribution in [-0.4, -0.2) is 27.9 Å². The Balaban J connectivity index is 1.65. The van der Waals surface area contributed by atoms with E-state index in [0.29, 0.717) is 45.0 Å². The van der Waals surface area contributed by atoms with Crippen molar-refractivity contribution in [1.82, 2.24) is 14.9 Å². The van der Waals surface area contributed by atoms with Crippen LogP contribution in [0.5, 0.6) is 5.75 Å². The summed E-state index contributed by atoms with van der Waals surface area (Å²) in [6.45, 7) is 1.91. The summed E-state index contributed by atoms with van der Waals surface area (Å²) in [6.07, 6.45) is 0.377. The van der Waals surface area contributed by atoms with Gasteiger partial charge in [0.25, 0.3) is 11.5 Å². The number of nitrogens with zero attached hydrogens (tertiary/aromatic N) is 2. The average molecular weight is 499 g/mol. The van der Waals surface area contributed by atoms with E-state index in [0.717, 1.165) is 16.7 Å². The summed E-state index contributed by atoms with van der Waals surface area (Å²) in [4.78, 5) is 26.7. The van der Waals surface area contributed by atoms with E-state index in [2.05, 4.69) is 15.6 Å². The highest BCUT2D eigenvalue weighted by molar-refractivity contribution is 6.30. The van der Waals surface area contributed by atoms with Gasteiger partial charge in [-0.15, -0.1) is 0 Å². The number of benzene rings is 3. The van der Waals surface area contributed by atoms with Gasteiger partial charge in [-0.3, -0.25) is 20.1 Å². The highest BCUT2D eigenvalue weighted by Crippen LogP contribution is 2.27. The fraction of sp³-hybridized carbons (Fsp3) is 0.107. The lowest BCUT2D eigenvalue weighted by Crippen LogP contribution is -2.35. The third-order valence-electron chi connectivity index (χ3n) is 5.95. The molecule has 0 spiro atoms. The Morgan fingerprint density at radius 2 is 1.83 bits per heavy atom. The predicted octanol–water partition coefficient (Wildman–Crippen LogP) is 5.34. The number of aromatic nitrogens is 3. The Morgan fingerprint density at radius 3 is 2.58 bits per heavy atom. The standard InChI is InChI=1S/C28H23ClN4O3/c1-17-5-3-7-20(13-17)27(34)32-33-22(14-18-6-4-8-23(15-18)36-2)16-24-25(30-31-26(24)28(33)35)19-9-11-21(29)12-10-19/h3-13,15-16H,14H2,1-2H3,(H,30,31)(H,32,34). The van der Waals surface area contributed by atoms with Crippen molar-refractivity contribution in [1.29, 1.82) is 0 Å². The molecular weight excluding hydrogens is 476 g/mol. The normalized spacial score (nSPS) is 11.0. The number of carbonyl (C=O) groups excluding carboxylic acids is 1. The first-order valence-corrected chi connectivity index (χ1v) is 11.7. The van der Waals surface area contributed by atoms with E-state index < -0.39 is 5.56 Å². The molecule has 0 aliphatic heterocycles. The summed E-state index contributed by atoms with van der Waals surface area (Å²) in [7, 11) is 1.60. The molecule has 3 aromatic carbocycles. The summed E-state index contributed by atoms with van der Waals surface area (Å²) in [5.74, 6) is 0.320. The Bertz CT molecular complexity index is 1640. The van der Waals surface area contributed by atoms with Crippen molar-refractivity contribution < 1.29 is 9.53 Å². The summed E-state index contributed by atoms with van der Waals surface area (Å²) < 4.78 is 6.65. The lowest BCUT2D eigenvalue weighted by atomic mass is 10.0. The van der Waals surface area contributed by atoms with E-state index in [1.165, 1.54) is 4.68 Å². The van der Waals surface area contributed by atoms with Crippen LogP contribution in [0.4, 0.5) is 0 Å². The van der Waals surface area contributed by atoms with E-state index >= 15 is 0 Å². The summed E-state index contributed by atoms with van der Waals surface area (Å²) in [5.41, 5.74) is 7.04. The zero-order valence-electron chi connectivity index (χ0n) is 19.7. The maximum Gasteiger partial charge on any atom is 0.295 e. The number of aryl methyl sites for hydroxylation is 1. The number of hydrogen-bond donors (Lipinski definition) is 2. The molecule has 8 heteroatoms. The van der Waals surface area contributed by atoms with Crippen LogP contribution in [0, 0.1) is 6.92 Å². The van der Waals surface area contributed by atoms with Crippen LogP contribution in [0.1, 0.15) is 27.2 Å². The van der Waals surface area contributed by atoms with Crippen LogP contribution in [0.2, 0.25) is 5.02 Å². The number of ether oxygens (including phenoxy) is 1. The molecule has 0 unspecified atom stereocenters. The molecule has 180 valence electrons. The lowest BCUT2D eigenvalue weighted by Gasteiger charge is -2.15. The number of carbonyl (C=O) groups is 1. The molecule has 7 nitrogen and oxygen atoms in total. The van der Waals surface area contributed by atoms with Gasteiger partial charge in [0.1, 0.15) is 17.0 Å². The smallest absolute Gasteiger partial charge is 0.295 e. The van der Waals surface area contributed by atoms with E-state index in [4.69, 9.17) is 16.3 Å². The van der Waals surface area contributed by atoms with Crippen LogP contribution in [-0.2, 0) is 6.42 Å². The van der Waals surface area contributed by atoms with Crippen LogP contribution in [0.3, 0.4) is 0 Å². The van der Waals surface area contributed by atoms with Gasteiger partial charge in [-0.25, -0.2) is 4.68 Å². The van der Waals surface area contributed by atoms with E-state index in [1.807, 2.05) is 55.5 Å². The number of aromatic amines is 1. The number of pyridine rings is 1. The predicted molar refractivity (Wildman–Crippen MR) is 141 cm³/mol. The van der Waals surface area contributed by atoms with Crippen molar-refractivity contribution in [2.24, 2.45) is 0 Å². The minimum atomic E-state index is -0.404. The van der Waals surface area contributed by atoms with E-state index in [-0.39, 0.29) is 5.91 Å². The second-order valence-corrected chi connectivity index (χ2v) is 8.92. The average Bonchev–Trinajstić information content (AvgIpc) is 3.31. The first-order valence-electron chi connectivity index (χ1n) is 11.3. The first kappa shape index (κ1) is 23.4. The number of nitrogens with one attached hydrogen (secondary N) is 2. The van der Waals surface area contributed by atoms with Gasteiger partial charge in [0.2, 0.25) is 0 Å². The van der Waals surface area contributed by atoms with Gasteiger partial charge >= 0.3 is 0 Å². The Hall–Kier alpha value is -4.36. The second-order valence-electron chi connectivity index (χ2n) is 8.48. The summed E-state index contributed by atoms with van der Waals surface area (Å²) in [5, 5.41) is 8.52. The molecule has 5 aromatic rings. The number of fused-ring (bicyclic) bond motifs is 1. The molecule has 2 heterocycles. The van der Waals surface area contributed by atoms with Gasteiger partial charge in [0.15, 0.2) is 0 Å². The molecular formula is C28H23ClN4O3. The quantitative estimate of drug-likeness (QED) is 0.331. The molecule has 2 N–H and O–H groups in total. The third-order valence-corrected chi connectivity index (χ3v) is 6.20. The Labute approximate surface area is 212 Å². The molecule has 0 bridgehead atoms. The number of hydrogen-bond acceptors (Lipinski definition) is 4. The molecule has 5 rings (SSSR count). The monoisotopic (exact) mass is 498 g/mol. The van der Waals surface area contributed by atoms with Crippen molar-refractivity contribution in [2.75, 3.05) is 12.5 Å². The molecule has 0 atom stereocenters. The SMILES string of the molecule is COc1cccc(Cc2cc3c(-c4ccc(Cl)cc4)n[nH]c3c(=O)n2NC(=O)c2cccc(C)c2)c1. The Morgan fingerprint density at radius 1 is 1.06 bits per heavy atom. The largest absolute Gasteiger partial charge is 0.497 e. The highest BCUT2D eigenvalue weighted by atomic mass is 35.5. The van der Waals surface area contributed by atoms with Crippen LogP contribution < -0.4 is 15.7 Å². The van der Waals surface area contributed by atoms with Crippen molar-refractivity contribution in [2.45, 2.75) is 13.3 Å². The van der Waals surface area contributed by atoms with Crippen LogP contribution in [0.25, 0.3) is 22.2 Å². The second kappa shape index (κ2) is 9.71. The van der Waals surface area contributed by atoms with Crippen LogP contribution >= 0.6 is 11.6 Å². The van der Waals surface area contributed by atoms with Gasteiger partial charge in [-0.05, 0) is 55.0 Å². The Kier molecular flexibility index (Phi) is 6.31. The first-order chi connectivity index (χ1) is 17.4. The third kappa shape index (κ3) is 4.61. The van der Waals surface area contributed by atoms with Gasteiger partial charge < -0.3 is 4.74 Å². The summed E-state index contributed by atoms with van der Waals surface area (Å²) in [6, 6.07) is 23.9. The van der Waals surface area contributed by atoms with Gasteiger partial charge in [-0.2, -0.15) is 5.10 Å². The van der Waals surface area contributed by atoms with Gasteiger partial charge in [-0.1, -0.05) is 53.6 Å². The number of rotatable bonds is 6. The molecule has 0 aliphatic rings. The van der Waals surface area contributed by atoms with Crippen molar-refractivity contribution in [3.8, 4) is 17.0 Å². The number of halogens is 1. The van der Waals surface area contributed by atoms with E-state index in [1.54, 1.807) is 37.4 Å². The molecule has 36 heavy (non-hydrogen) atoms. The molecule has 0 aliphatic carbocycles. The number of H-pyrrole nitrogens is 1. The topological polar surface area (TPSA) is 89.0 Å². The van der Waals surface area contributed by atoms with Crippen molar-refractivity contribution in [3.05, 3.63) is 117 Å². The molecule has 0 saturated heterocycles. The maximum absolute atomic E-state index is 13.6. The van der Waals surface area contributed by atoms with Crippen molar-refractivity contribution >= 4 is 28.4 Å². The number of methoxy groups -OCH3 is 1. The highest BCUT2D eigenvalue weighted by Gasteiger charge is 2.18. The molecule has 0 saturated carbocycles. The maximum atomic E-state index is 13.6. The fourth-order valence-electron chi connectivity index (χ4n) is 4.15. The minimum absolute atomic E-state index is 0.291. The lowest BCUT2D eigenvalue weighted by molar-refractivity contribution is 0.101. The van der Waals surface area contributed by atoms with Gasteiger partial charge in [0.05, 0.1) is 7.11 Å². The van der Waals surface area contributed by atoms with Crippen LogP contribution in [0.15, 0.2) is 83.7 Å². The van der Waals surface area contributed by atoms with Gasteiger partial charge in [0, 0.05) is 33.7 Å². The molecule has 1 amide bonds. The zero-order valence-corrected chi connectivity index (χ0v) is 20.5. The molecule has 2 aromatic heterocycles. The molecule has 0 radical (unpaired) electrons. The minimum Gasteiger partial charge on any atom is -0.497 e. The molecule has 0 fully saturated rings. The number of amides is 1. The fourth-order valence-corrected chi connectivity index (χ4v) is 4.28. The van der Waals surface area contributed by atoms with E-state index in [9.17, 15) is 9.59 Å².